The minimum atomic E-state index is 0.614. The van der Waals surface area contributed by atoms with Crippen molar-refractivity contribution in [1.82, 2.24) is 5.32 Å². The number of hydrogen-bond donors (Lipinski definition) is 1. The molecule has 0 amide bonds. The van der Waals surface area contributed by atoms with Gasteiger partial charge < -0.3 is 14.5 Å². The van der Waals surface area contributed by atoms with Gasteiger partial charge in [-0.15, -0.1) is 0 Å². The first kappa shape index (κ1) is 11.8. The van der Waals surface area contributed by atoms with Crippen LogP contribution in [0.4, 0.5) is 0 Å². The number of furan rings is 1. The van der Waals surface area contributed by atoms with Crippen molar-refractivity contribution >= 4 is 11.0 Å². The van der Waals surface area contributed by atoms with E-state index in [0.29, 0.717) is 6.61 Å². The number of methoxy groups -OCH3 is 1. The van der Waals surface area contributed by atoms with Crippen LogP contribution < -0.4 is 5.32 Å². The number of benzene rings is 1. The molecule has 0 atom stereocenters. The molecule has 0 aliphatic heterocycles. The SMILES string of the molecule is CNCc1oc2cc3c(cc2c1COC)CCC3. The summed E-state index contributed by atoms with van der Waals surface area (Å²) in [6.45, 7) is 1.36. The number of ether oxygens (including phenoxy) is 1. The molecule has 18 heavy (non-hydrogen) atoms. The zero-order chi connectivity index (χ0) is 12.5. The summed E-state index contributed by atoms with van der Waals surface area (Å²) in [4.78, 5) is 0. The lowest BCUT2D eigenvalue weighted by molar-refractivity contribution is 0.183. The van der Waals surface area contributed by atoms with E-state index in [-0.39, 0.29) is 0 Å². The molecule has 1 aromatic heterocycles. The molecule has 2 aromatic rings. The lowest BCUT2D eigenvalue weighted by Crippen LogP contribution is -2.06. The predicted octanol–water partition coefficient (Wildman–Crippen LogP) is 2.79. The molecule has 96 valence electrons. The monoisotopic (exact) mass is 245 g/mol. The van der Waals surface area contributed by atoms with Gasteiger partial charge in [-0.2, -0.15) is 0 Å². The lowest BCUT2D eigenvalue weighted by Gasteiger charge is -2.02. The second kappa shape index (κ2) is 4.75. The maximum atomic E-state index is 5.97. The largest absolute Gasteiger partial charge is 0.459 e. The number of nitrogens with one attached hydrogen (secondary N) is 1. The van der Waals surface area contributed by atoms with Gasteiger partial charge in [0.2, 0.25) is 0 Å². The van der Waals surface area contributed by atoms with Crippen LogP contribution in [0.25, 0.3) is 11.0 Å². The molecular weight excluding hydrogens is 226 g/mol. The first-order valence-corrected chi connectivity index (χ1v) is 6.53. The molecule has 0 fully saturated rings. The van der Waals surface area contributed by atoms with Crippen LogP contribution in [0.15, 0.2) is 16.5 Å². The Balaban J connectivity index is 2.16. The van der Waals surface area contributed by atoms with Gasteiger partial charge in [0.05, 0.1) is 13.2 Å². The zero-order valence-corrected chi connectivity index (χ0v) is 11.0. The fraction of sp³-hybridized carbons (Fsp3) is 0.467. The van der Waals surface area contributed by atoms with Crippen molar-refractivity contribution in [2.75, 3.05) is 14.2 Å². The number of aryl methyl sites for hydroxylation is 2. The fourth-order valence-corrected chi connectivity index (χ4v) is 2.87. The summed E-state index contributed by atoms with van der Waals surface area (Å²) in [6.07, 6.45) is 3.65. The summed E-state index contributed by atoms with van der Waals surface area (Å²) in [7, 11) is 3.67. The summed E-state index contributed by atoms with van der Waals surface area (Å²) < 4.78 is 11.3. The Hall–Kier alpha value is -1.32. The van der Waals surface area contributed by atoms with Gasteiger partial charge in [-0.1, -0.05) is 0 Å². The van der Waals surface area contributed by atoms with Crippen molar-refractivity contribution in [3.8, 4) is 0 Å². The van der Waals surface area contributed by atoms with Crippen molar-refractivity contribution in [3.05, 3.63) is 34.6 Å². The normalized spacial score (nSPS) is 14.3. The first-order valence-electron chi connectivity index (χ1n) is 6.53. The Morgan fingerprint density at radius 2 is 2.06 bits per heavy atom. The van der Waals surface area contributed by atoms with Crippen LogP contribution in [0.2, 0.25) is 0 Å². The summed E-state index contributed by atoms with van der Waals surface area (Å²) >= 11 is 0. The van der Waals surface area contributed by atoms with Crippen molar-refractivity contribution in [1.29, 1.82) is 0 Å². The third-order valence-corrected chi connectivity index (χ3v) is 3.71. The average Bonchev–Trinajstić information content (AvgIpc) is 2.93. The van der Waals surface area contributed by atoms with E-state index in [2.05, 4.69) is 17.4 Å². The molecule has 1 N–H and O–H groups in total. The molecule has 3 heteroatoms. The molecule has 3 rings (SSSR count). The fourth-order valence-electron chi connectivity index (χ4n) is 2.87. The van der Waals surface area contributed by atoms with Crippen molar-refractivity contribution in [3.63, 3.8) is 0 Å². The molecule has 0 bridgehead atoms. The van der Waals surface area contributed by atoms with E-state index >= 15 is 0 Å². The third kappa shape index (κ3) is 1.84. The van der Waals surface area contributed by atoms with Crippen LogP contribution in [0.3, 0.4) is 0 Å². The maximum absolute atomic E-state index is 5.97. The van der Waals surface area contributed by atoms with E-state index in [1.165, 1.54) is 41.3 Å². The molecule has 0 radical (unpaired) electrons. The van der Waals surface area contributed by atoms with E-state index in [1.807, 2.05) is 7.05 Å². The highest BCUT2D eigenvalue weighted by Gasteiger charge is 2.18. The number of fused-ring (bicyclic) bond motifs is 2. The van der Waals surface area contributed by atoms with E-state index < -0.39 is 0 Å². The van der Waals surface area contributed by atoms with Crippen LogP contribution in [-0.4, -0.2) is 14.2 Å². The Bertz CT molecular complexity index is 571. The second-order valence-corrected chi connectivity index (χ2v) is 4.94. The molecule has 3 nitrogen and oxygen atoms in total. The zero-order valence-electron chi connectivity index (χ0n) is 11.0. The number of rotatable bonds is 4. The molecular formula is C15H19NO2. The minimum absolute atomic E-state index is 0.614. The first-order chi connectivity index (χ1) is 8.83. The van der Waals surface area contributed by atoms with E-state index in [0.717, 1.165) is 17.9 Å². The molecule has 1 aliphatic rings. The van der Waals surface area contributed by atoms with Crippen molar-refractivity contribution in [2.24, 2.45) is 0 Å². The minimum Gasteiger partial charge on any atom is -0.459 e. The maximum Gasteiger partial charge on any atom is 0.135 e. The Morgan fingerprint density at radius 3 is 2.78 bits per heavy atom. The van der Waals surface area contributed by atoms with Crippen LogP contribution in [0, 0.1) is 0 Å². The van der Waals surface area contributed by atoms with Crippen LogP contribution in [-0.2, 0) is 30.7 Å². The van der Waals surface area contributed by atoms with E-state index in [4.69, 9.17) is 9.15 Å². The standard InChI is InChI=1S/C15H19NO2/c1-16-8-15-13(9-17-2)12-6-10-4-3-5-11(10)7-14(12)18-15/h6-7,16H,3-5,8-9H2,1-2H3. The Morgan fingerprint density at radius 1 is 1.28 bits per heavy atom. The topological polar surface area (TPSA) is 34.4 Å². The van der Waals surface area contributed by atoms with Crippen LogP contribution >= 0.6 is 0 Å². The van der Waals surface area contributed by atoms with Gasteiger partial charge >= 0.3 is 0 Å². The van der Waals surface area contributed by atoms with Crippen molar-refractivity contribution in [2.45, 2.75) is 32.4 Å². The van der Waals surface area contributed by atoms with Gasteiger partial charge in [0.25, 0.3) is 0 Å². The smallest absolute Gasteiger partial charge is 0.135 e. The predicted molar refractivity (Wildman–Crippen MR) is 71.7 cm³/mol. The average molecular weight is 245 g/mol. The highest BCUT2D eigenvalue weighted by molar-refractivity contribution is 5.84. The van der Waals surface area contributed by atoms with Gasteiger partial charge in [-0.25, -0.2) is 0 Å². The van der Waals surface area contributed by atoms with Gasteiger partial charge in [0, 0.05) is 18.1 Å². The third-order valence-electron chi connectivity index (χ3n) is 3.71. The van der Waals surface area contributed by atoms with Gasteiger partial charge in [-0.3, -0.25) is 0 Å². The number of hydrogen-bond acceptors (Lipinski definition) is 3. The molecule has 0 saturated heterocycles. The van der Waals surface area contributed by atoms with Gasteiger partial charge in [0.1, 0.15) is 11.3 Å². The molecule has 0 unspecified atom stereocenters. The van der Waals surface area contributed by atoms with Crippen LogP contribution in [0.1, 0.15) is 28.9 Å². The van der Waals surface area contributed by atoms with Gasteiger partial charge in [-0.05, 0) is 49.6 Å². The van der Waals surface area contributed by atoms with Gasteiger partial charge in [0.15, 0.2) is 0 Å². The lowest BCUT2D eigenvalue weighted by atomic mass is 10.0. The summed E-state index contributed by atoms with van der Waals surface area (Å²) in [5, 5.41) is 4.38. The second-order valence-electron chi connectivity index (χ2n) is 4.94. The summed E-state index contributed by atoms with van der Waals surface area (Å²) in [5.41, 5.74) is 5.14. The molecule has 1 aromatic carbocycles. The highest BCUT2D eigenvalue weighted by Crippen LogP contribution is 2.33. The summed E-state index contributed by atoms with van der Waals surface area (Å²) in [6, 6.07) is 4.52. The summed E-state index contributed by atoms with van der Waals surface area (Å²) in [5.74, 6) is 0.998. The molecule has 1 heterocycles. The Labute approximate surface area is 107 Å². The molecule has 0 saturated carbocycles. The quantitative estimate of drug-likeness (QED) is 0.899. The van der Waals surface area contributed by atoms with Crippen LogP contribution in [0.5, 0.6) is 0 Å². The Kier molecular flexibility index (Phi) is 3.10. The van der Waals surface area contributed by atoms with Crippen molar-refractivity contribution < 1.29 is 9.15 Å². The van der Waals surface area contributed by atoms with E-state index in [1.54, 1.807) is 7.11 Å². The molecule has 1 aliphatic carbocycles. The highest BCUT2D eigenvalue weighted by atomic mass is 16.5. The molecule has 0 spiro atoms. The van der Waals surface area contributed by atoms with E-state index in [9.17, 15) is 0 Å².